The number of pyridine rings is 1. The Morgan fingerprint density at radius 1 is 1.29 bits per heavy atom. The van der Waals surface area contributed by atoms with E-state index in [0.29, 0.717) is 5.95 Å². The van der Waals surface area contributed by atoms with Crippen LogP contribution in [0.25, 0.3) is 0 Å². The zero-order valence-corrected chi connectivity index (χ0v) is 15.0. The molecule has 1 aliphatic heterocycles. The topological polar surface area (TPSA) is 67.9 Å². The van der Waals surface area contributed by atoms with Crippen LogP contribution in [0, 0.1) is 13.8 Å². The van der Waals surface area contributed by atoms with E-state index in [1.165, 1.54) is 5.56 Å². The van der Waals surface area contributed by atoms with Crippen LogP contribution in [0.2, 0.25) is 0 Å². The summed E-state index contributed by atoms with van der Waals surface area (Å²) in [5.74, 6) is 1.20. The molecule has 0 radical (unpaired) electrons. The van der Waals surface area contributed by atoms with Crippen molar-refractivity contribution in [1.29, 1.82) is 0 Å². The summed E-state index contributed by atoms with van der Waals surface area (Å²) < 4.78 is 1.91. The van der Waals surface area contributed by atoms with E-state index >= 15 is 0 Å². The minimum atomic E-state index is 0.294. The first-order chi connectivity index (χ1) is 9.97. The number of aryl methyl sites for hydroxylation is 1. The van der Waals surface area contributed by atoms with Gasteiger partial charge < -0.3 is 10.6 Å². The Morgan fingerprint density at radius 2 is 2.05 bits per heavy atom. The van der Waals surface area contributed by atoms with Gasteiger partial charge >= 0.3 is 0 Å². The largest absolute Gasteiger partial charge is 0.368 e. The van der Waals surface area contributed by atoms with Gasteiger partial charge in [0.05, 0.1) is 12.2 Å². The highest BCUT2D eigenvalue weighted by atomic mass is 79.9. The van der Waals surface area contributed by atoms with Crippen molar-refractivity contribution in [2.45, 2.75) is 26.8 Å². The quantitative estimate of drug-likeness (QED) is 0.767. The van der Waals surface area contributed by atoms with Crippen molar-refractivity contribution in [2.75, 3.05) is 17.2 Å². The summed E-state index contributed by atoms with van der Waals surface area (Å²) in [5, 5.41) is 0. The third kappa shape index (κ3) is 2.64. The van der Waals surface area contributed by atoms with E-state index < -0.39 is 0 Å². The lowest BCUT2D eigenvalue weighted by atomic mass is 10.1. The number of hydrogen-bond donors (Lipinski definition) is 1. The van der Waals surface area contributed by atoms with E-state index in [2.05, 4.69) is 58.6 Å². The van der Waals surface area contributed by atoms with Crippen LogP contribution in [0.5, 0.6) is 0 Å². The van der Waals surface area contributed by atoms with Crippen molar-refractivity contribution in [2.24, 2.45) is 0 Å². The highest BCUT2D eigenvalue weighted by Gasteiger charge is 2.25. The molecule has 0 saturated carbocycles. The normalized spacial score (nSPS) is 13.6. The minimum absolute atomic E-state index is 0.294. The van der Waals surface area contributed by atoms with Gasteiger partial charge in [0.1, 0.15) is 10.4 Å². The molecule has 0 bridgehead atoms. The van der Waals surface area contributed by atoms with Gasteiger partial charge in [-0.25, -0.2) is 4.98 Å². The van der Waals surface area contributed by atoms with Crippen LogP contribution in [-0.2, 0) is 13.0 Å². The zero-order chi connectivity index (χ0) is 15.1. The van der Waals surface area contributed by atoms with Crippen molar-refractivity contribution in [1.82, 2.24) is 15.0 Å². The standard InChI is InChI=1S/C14H15Br2N5/c1-7-5-18-10(8(2)11(7)15)6-21-4-3-9-12(16)19-14(17)20-13(9)21/h5H,3-4,6H2,1-2H3,(H2,17,19,20). The Kier molecular flexibility index (Phi) is 3.88. The van der Waals surface area contributed by atoms with Gasteiger partial charge in [-0.1, -0.05) is 15.9 Å². The molecule has 2 aromatic rings. The Hall–Kier alpha value is -1.21. The van der Waals surface area contributed by atoms with Gasteiger partial charge in [0.25, 0.3) is 0 Å². The smallest absolute Gasteiger partial charge is 0.223 e. The van der Waals surface area contributed by atoms with Crippen LogP contribution in [0.1, 0.15) is 22.4 Å². The number of aromatic nitrogens is 3. The fraction of sp³-hybridized carbons (Fsp3) is 0.357. The summed E-state index contributed by atoms with van der Waals surface area (Å²) in [6.07, 6.45) is 2.82. The number of hydrogen-bond acceptors (Lipinski definition) is 5. The van der Waals surface area contributed by atoms with Crippen LogP contribution in [0.4, 0.5) is 11.8 Å². The summed E-state index contributed by atoms with van der Waals surface area (Å²) in [5.41, 5.74) is 10.2. The van der Waals surface area contributed by atoms with Crippen molar-refractivity contribution >= 4 is 43.6 Å². The SMILES string of the molecule is Cc1cnc(CN2CCc3c(Br)nc(N)nc32)c(C)c1Br. The van der Waals surface area contributed by atoms with Crippen LogP contribution in [0.15, 0.2) is 15.3 Å². The summed E-state index contributed by atoms with van der Waals surface area (Å²) in [6, 6.07) is 0. The van der Waals surface area contributed by atoms with Crippen LogP contribution >= 0.6 is 31.9 Å². The van der Waals surface area contributed by atoms with E-state index in [-0.39, 0.29) is 0 Å². The highest BCUT2D eigenvalue weighted by Crippen LogP contribution is 2.33. The van der Waals surface area contributed by atoms with Crippen molar-refractivity contribution in [3.63, 3.8) is 0 Å². The van der Waals surface area contributed by atoms with Gasteiger partial charge in [-0.15, -0.1) is 0 Å². The molecule has 0 saturated heterocycles. The molecule has 7 heteroatoms. The van der Waals surface area contributed by atoms with Crippen molar-refractivity contribution < 1.29 is 0 Å². The maximum Gasteiger partial charge on any atom is 0.223 e. The lowest BCUT2D eigenvalue weighted by Gasteiger charge is -2.20. The lowest BCUT2D eigenvalue weighted by molar-refractivity contribution is 0.797. The monoisotopic (exact) mass is 411 g/mol. The molecule has 21 heavy (non-hydrogen) atoms. The Labute approximate surface area is 140 Å². The average Bonchev–Trinajstić information content (AvgIpc) is 2.83. The number of nitrogen functional groups attached to an aromatic ring is 1. The Morgan fingerprint density at radius 3 is 2.81 bits per heavy atom. The molecule has 0 aliphatic carbocycles. The molecule has 2 N–H and O–H groups in total. The molecular formula is C14H15Br2N5. The van der Waals surface area contributed by atoms with Crippen LogP contribution < -0.4 is 10.6 Å². The molecule has 3 rings (SSSR count). The first kappa shape index (κ1) is 14.7. The summed E-state index contributed by atoms with van der Waals surface area (Å²) in [7, 11) is 0. The van der Waals surface area contributed by atoms with Crippen molar-refractivity contribution in [3.05, 3.63) is 37.7 Å². The molecule has 0 unspecified atom stereocenters. The number of rotatable bonds is 2. The second-order valence-electron chi connectivity index (χ2n) is 5.17. The molecule has 5 nitrogen and oxygen atoms in total. The molecular weight excluding hydrogens is 398 g/mol. The molecule has 0 spiro atoms. The zero-order valence-electron chi connectivity index (χ0n) is 11.8. The first-order valence-corrected chi connectivity index (χ1v) is 8.23. The lowest BCUT2D eigenvalue weighted by Crippen LogP contribution is -2.22. The van der Waals surface area contributed by atoms with Gasteiger partial charge in [-0.2, -0.15) is 4.98 Å². The number of nitrogens with two attached hydrogens (primary N) is 1. The second-order valence-corrected chi connectivity index (χ2v) is 6.72. The molecule has 1 aliphatic rings. The van der Waals surface area contributed by atoms with E-state index in [0.717, 1.165) is 51.2 Å². The molecule has 3 heterocycles. The van der Waals surface area contributed by atoms with E-state index in [9.17, 15) is 0 Å². The molecule has 110 valence electrons. The van der Waals surface area contributed by atoms with Gasteiger partial charge in [0.2, 0.25) is 5.95 Å². The van der Waals surface area contributed by atoms with E-state index in [1.807, 2.05) is 13.1 Å². The van der Waals surface area contributed by atoms with Gasteiger partial charge in [-0.05, 0) is 47.3 Å². The number of nitrogens with zero attached hydrogens (tertiary/aromatic N) is 4. The number of fused-ring (bicyclic) bond motifs is 1. The minimum Gasteiger partial charge on any atom is -0.368 e. The van der Waals surface area contributed by atoms with Crippen LogP contribution in [-0.4, -0.2) is 21.5 Å². The fourth-order valence-electron chi connectivity index (χ4n) is 2.54. The Bertz CT molecular complexity index is 717. The molecule has 0 fully saturated rings. The summed E-state index contributed by atoms with van der Waals surface area (Å²) in [4.78, 5) is 15.3. The fourth-order valence-corrected chi connectivity index (χ4v) is 3.42. The number of anilines is 2. The average molecular weight is 413 g/mol. The molecule has 0 amide bonds. The van der Waals surface area contributed by atoms with E-state index in [1.54, 1.807) is 0 Å². The third-order valence-corrected chi connectivity index (χ3v) is 5.62. The summed E-state index contributed by atoms with van der Waals surface area (Å²) in [6.45, 7) is 5.75. The molecule has 0 atom stereocenters. The Balaban J connectivity index is 1.94. The van der Waals surface area contributed by atoms with Gasteiger partial charge in [0.15, 0.2) is 0 Å². The summed E-state index contributed by atoms with van der Waals surface area (Å²) >= 11 is 7.09. The molecule has 0 aromatic carbocycles. The number of halogens is 2. The van der Waals surface area contributed by atoms with Crippen molar-refractivity contribution in [3.8, 4) is 0 Å². The predicted molar refractivity (Wildman–Crippen MR) is 90.3 cm³/mol. The van der Waals surface area contributed by atoms with Gasteiger partial charge in [0, 0.05) is 22.8 Å². The van der Waals surface area contributed by atoms with Crippen LogP contribution in [0.3, 0.4) is 0 Å². The highest BCUT2D eigenvalue weighted by molar-refractivity contribution is 9.10. The second kappa shape index (κ2) is 5.53. The van der Waals surface area contributed by atoms with E-state index in [4.69, 9.17) is 5.73 Å². The molecule has 2 aromatic heterocycles. The maximum atomic E-state index is 5.76. The van der Waals surface area contributed by atoms with Gasteiger partial charge in [-0.3, -0.25) is 4.98 Å². The maximum absolute atomic E-state index is 5.76. The predicted octanol–water partition coefficient (Wildman–Crippen LogP) is 3.16. The third-order valence-electron chi connectivity index (χ3n) is 3.75. The first-order valence-electron chi connectivity index (χ1n) is 6.64.